The average Bonchev–Trinajstić information content (AvgIpc) is 2.77. The Bertz CT molecular complexity index is 1380. The van der Waals surface area contributed by atoms with Crippen LogP contribution < -0.4 is 11.2 Å². The molecule has 0 spiro atoms. The molecular weight excluding hydrogens is 408 g/mol. The van der Waals surface area contributed by atoms with E-state index < -0.39 is 17.0 Å². The standard InChI is InChI=1S/C25H24N2O5/c1-15-17(23(30)22-19(28)9-6-10-20(22)29)11-12-18-21(15)24(31)27(25(32)26(18)2)14-13-16-7-4-3-5-8-16/h3-5,7-8,11-12,30H,6,9-10,13-14H2,1-2H3. The number of allylic oxidation sites excluding steroid dienone is 1. The van der Waals surface area contributed by atoms with Gasteiger partial charge in [0.05, 0.1) is 10.9 Å². The molecule has 1 N–H and O–H groups in total. The Balaban J connectivity index is 1.88. The molecule has 7 nitrogen and oxygen atoms in total. The zero-order chi connectivity index (χ0) is 23.0. The third kappa shape index (κ3) is 3.60. The molecule has 0 aliphatic heterocycles. The summed E-state index contributed by atoms with van der Waals surface area (Å²) in [5, 5.41) is 11.1. The van der Waals surface area contributed by atoms with Gasteiger partial charge in [-0.05, 0) is 43.0 Å². The second-order valence-electron chi connectivity index (χ2n) is 8.09. The van der Waals surface area contributed by atoms with Gasteiger partial charge < -0.3 is 5.11 Å². The number of hydrogen-bond donors (Lipinski definition) is 1. The van der Waals surface area contributed by atoms with Crippen LogP contribution in [0.15, 0.2) is 57.6 Å². The minimum absolute atomic E-state index is 0.201. The van der Waals surface area contributed by atoms with Gasteiger partial charge in [-0.25, -0.2) is 4.79 Å². The molecule has 0 amide bonds. The van der Waals surface area contributed by atoms with Crippen LogP contribution in [0.25, 0.3) is 16.7 Å². The summed E-state index contributed by atoms with van der Waals surface area (Å²) in [4.78, 5) is 50.8. The highest BCUT2D eigenvalue weighted by Gasteiger charge is 2.28. The first kappa shape index (κ1) is 21.5. The van der Waals surface area contributed by atoms with E-state index in [0.29, 0.717) is 23.9 Å². The predicted molar refractivity (Wildman–Crippen MR) is 122 cm³/mol. The summed E-state index contributed by atoms with van der Waals surface area (Å²) in [6.07, 6.45) is 1.40. The van der Waals surface area contributed by atoms with Crippen LogP contribution in [0.5, 0.6) is 0 Å². The first-order valence-electron chi connectivity index (χ1n) is 10.6. The van der Waals surface area contributed by atoms with E-state index in [1.165, 1.54) is 9.13 Å². The predicted octanol–water partition coefficient (Wildman–Crippen LogP) is 2.84. The summed E-state index contributed by atoms with van der Waals surface area (Å²) in [5.41, 5.74) is 1.02. The fourth-order valence-electron chi connectivity index (χ4n) is 4.31. The van der Waals surface area contributed by atoms with Crippen LogP contribution in [0.3, 0.4) is 0 Å². The van der Waals surface area contributed by atoms with Crippen LogP contribution in [0.2, 0.25) is 0 Å². The maximum atomic E-state index is 13.3. The number of carbonyl (C=O) groups excluding carboxylic acids is 2. The molecule has 1 aliphatic rings. The lowest BCUT2D eigenvalue weighted by Gasteiger charge is -2.17. The van der Waals surface area contributed by atoms with Gasteiger partial charge in [0.15, 0.2) is 11.6 Å². The smallest absolute Gasteiger partial charge is 0.331 e. The minimum atomic E-state index is -0.461. The molecule has 0 unspecified atom stereocenters. The molecule has 1 aromatic heterocycles. The van der Waals surface area contributed by atoms with Gasteiger partial charge in [0.25, 0.3) is 5.56 Å². The number of fused-ring (bicyclic) bond motifs is 1. The van der Waals surface area contributed by atoms with Crippen molar-refractivity contribution >= 4 is 28.2 Å². The van der Waals surface area contributed by atoms with Gasteiger partial charge in [-0.2, -0.15) is 0 Å². The van der Waals surface area contributed by atoms with Crippen LogP contribution in [0, 0.1) is 6.92 Å². The lowest BCUT2D eigenvalue weighted by Crippen LogP contribution is -2.40. The van der Waals surface area contributed by atoms with E-state index in [4.69, 9.17) is 0 Å². The molecule has 32 heavy (non-hydrogen) atoms. The van der Waals surface area contributed by atoms with Crippen molar-refractivity contribution in [1.82, 2.24) is 9.13 Å². The molecule has 7 heteroatoms. The Morgan fingerprint density at radius 3 is 2.28 bits per heavy atom. The van der Waals surface area contributed by atoms with E-state index in [2.05, 4.69) is 0 Å². The number of aromatic nitrogens is 2. The Labute approximate surface area is 184 Å². The topological polar surface area (TPSA) is 98.4 Å². The van der Waals surface area contributed by atoms with Crippen molar-refractivity contribution < 1.29 is 14.7 Å². The number of hydrogen-bond acceptors (Lipinski definition) is 5. The van der Waals surface area contributed by atoms with Crippen LogP contribution >= 0.6 is 0 Å². The van der Waals surface area contributed by atoms with Crippen molar-refractivity contribution in [3.8, 4) is 0 Å². The third-order valence-corrected chi connectivity index (χ3v) is 6.11. The lowest BCUT2D eigenvalue weighted by atomic mass is 9.88. The van der Waals surface area contributed by atoms with Crippen molar-refractivity contribution in [2.24, 2.45) is 7.05 Å². The normalized spacial score (nSPS) is 14.2. The number of ketones is 2. The molecule has 2 aromatic carbocycles. The Morgan fingerprint density at radius 1 is 0.969 bits per heavy atom. The molecule has 0 atom stereocenters. The molecular formula is C25H24N2O5. The Kier molecular flexibility index (Phi) is 5.65. The van der Waals surface area contributed by atoms with Crippen molar-refractivity contribution in [2.75, 3.05) is 0 Å². The number of aliphatic hydroxyl groups excluding tert-OH is 1. The van der Waals surface area contributed by atoms with Crippen LogP contribution in [-0.2, 0) is 29.6 Å². The zero-order valence-electron chi connectivity index (χ0n) is 18.1. The molecule has 0 bridgehead atoms. The molecule has 4 rings (SSSR count). The quantitative estimate of drug-likeness (QED) is 0.388. The fourth-order valence-corrected chi connectivity index (χ4v) is 4.31. The number of nitrogens with zero attached hydrogens (tertiary/aromatic N) is 2. The highest BCUT2D eigenvalue weighted by atomic mass is 16.3. The minimum Gasteiger partial charge on any atom is -0.506 e. The van der Waals surface area contributed by atoms with Crippen molar-refractivity contribution in [2.45, 2.75) is 39.2 Å². The SMILES string of the molecule is Cc1c(C(O)=C2C(=O)CCCC2=O)ccc2c1c(=O)n(CCc1ccccc1)c(=O)n2C. The molecule has 1 fully saturated rings. The second kappa shape index (κ2) is 8.42. The molecule has 3 aromatic rings. The van der Waals surface area contributed by atoms with Gasteiger partial charge in [0.1, 0.15) is 11.3 Å². The largest absolute Gasteiger partial charge is 0.506 e. The van der Waals surface area contributed by atoms with Gasteiger partial charge in [0.2, 0.25) is 0 Å². The molecule has 0 radical (unpaired) electrons. The summed E-state index contributed by atoms with van der Waals surface area (Å²) in [7, 11) is 1.59. The van der Waals surface area contributed by atoms with E-state index in [0.717, 1.165) is 5.56 Å². The highest BCUT2D eigenvalue weighted by molar-refractivity contribution is 6.25. The van der Waals surface area contributed by atoms with Crippen LogP contribution in [-0.4, -0.2) is 25.8 Å². The number of benzene rings is 2. The van der Waals surface area contributed by atoms with E-state index in [1.54, 1.807) is 26.1 Å². The number of aryl methyl sites for hydroxylation is 3. The summed E-state index contributed by atoms with van der Waals surface area (Å²) >= 11 is 0. The van der Waals surface area contributed by atoms with Crippen molar-refractivity contribution in [3.05, 3.63) is 85.6 Å². The van der Waals surface area contributed by atoms with E-state index in [-0.39, 0.29) is 47.5 Å². The Morgan fingerprint density at radius 2 is 1.62 bits per heavy atom. The maximum absolute atomic E-state index is 13.3. The highest BCUT2D eigenvalue weighted by Crippen LogP contribution is 2.28. The summed E-state index contributed by atoms with van der Waals surface area (Å²) in [6, 6.07) is 12.7. The number of carbonyl (C=O) groups is 2. The summed E-state index contributed by atoms with van der Waals surface area (Å²) in [5.74, 6) is -1.18. The van der Waals surface area contributed by atoms with E-state index in [1.807, 2.05) is 30.3 Å². The maximum Gasteiger partial charge on any atom is 0.331 e. The van der Waals surface area contributed by atoms with Crippen LogP contribution in [0.4, 0.5) is 0 Å². The second-order valence-corrected chi connectivity index (χ2v) is 8.09. The summed E-state index contributed by atoms with van der Waals surface area (Å²) < 4.78 is 2.59. The van der Waals surface area contributed by atoms with Gasteiger partial charge in [0, 0.05) is 32.0 Å². The van der Waals surface area contributed by atoms with Gasteiger partial charge >= 0.3 is 5.69 Å². The number of aliphatic hydroxyl groups is 1. The molecule has 1 heterocycles. The zero-order valence-corrected chi connectivity index (χ0v) is 18.1. The summed E-state index contributed by atoms with van der Waals surface area (Å²) in [6.45, 7) is 1.86. The molecule has 164 valence electrons. The fraction of sp³-hybridized carbons (Fsp3) is 0.280. The van der Waals surface area contributed by atoms with E-state index in [9.17, 15) is 24.3 Å². The Hall–Kier alpha value is -3.74. The molecule has 0 saturated heterocycles. The molecule has 1 saturated carbocycles. The third-order valence-electron chi connectivity index (χ3n) is 6.11. The van der Waals surface area contributed by atoms with E-state index >= 15 is 0 Å². The lowest BCUT2D eigenvalue weighted by molar-refractivity contribution is -0.123. The van der Waals surface area contributed by atoms with Gasteiger partial charge in [-0.15, -0.1) is 0 Å². The first-order chi connectivity index (χ1) is 15.3. The number of rotatable bonds is 4. The molecule has 1 aliphatic carbocycles. The first-order valence-corrected chi connectivity index (χ1v) is 10.6. The monoisotopic (exact) mass is 432 g/mol. The number of Topliss-reactive ketones (excluding diaryl/α,β-unsaturated/α-hetero) is 2. The van der Waals surface area contributed by atoms with Gasteiger partial charge in [-0.1, -0.05) is 30.3 Å². The van der Waals surface area contributed by atoms with Crippen molar-refractivity contribution in [1.29, 1.82) is 0 Å². The van der Waals surface area contributed by atoms with Crippen molar-refractivity contribution in [3.63, 3.8) is 0 Å². The average molecular weight is 432 g/mol. The van der Waals surface area contributed by atoms with Crippen LogP contribution in [0.1, 0.15) is 36.0 Å². The van der Waals surface area contributed by atoms with Gasteiger partial charge in [-0.3, -0.25) is 23.5 Å².